The Morgan fingerprint density at radius 3 is 2.83 bits per heavy atom. The molecule has 0 bridgehead atoms. The maximum Gasteiger partial charge on any atom is 0.142 e. The minimum absolute atomic E-state index is 0.440. The van der Waals surface area contributed by atoms with E-state index in [1.54, 1.807) is 24.0 Å². The average Bonchev–Trinajstić information content (AvgIpc) is 2.45. The van der Waals surface area contributed by atoms with E-state index >= 15 is 0 Å². The largest absolute Gasteiger partial charge is 0.384 e. The summed E-state index contributed by atoms with van der Waals surface area (Å²) in [5.41, 5.74) is 1.38. The lowest BCUT2D eigenvalue weighted by Crippen LogP contribution is -2.04. The third kappa shape index (κ3) is 3.79. The van der Waals surface area contributed by atoms with Gasteiger partial charge in [0, 0.05) is 29.1 Å². The minimum atomic E-state index is 0.440. The molecule has 0 saturated heterocycles. The molecule has 2 rings (SSSR count). The van der Waals surface area contributed by atoms with Crippen molar-refractivity contribution in [1.29, 1.82) is 5.26 Å². The molecule has 0 radical (unpaired) electrons. The molecular formula is C14H13N3S. The highest BCUT2D eigenvalue weighted by atomic mass is 32.2. The van der Waals surface area contributed by atoms with Gasteiger partial charge in [-0.2, -0.15) is 5.26 Å². The first-order chi connectivity index (χ1) is 8.88. The summed E-state index contributed by atoms with van der Waals surface area (Å²) in [6.45, 7) is 0.856. The second kappa shape index (κ2) is 6.67. The van der Waals surface area contributed by atoms with E-state index in [1.807, 2.05) is 30.3 Å². The van der Waals surface area contributed by atoms with Gasteiger partial charge in [-0.05, 0) is 24.3 Å². The monoisotopic (exact) mass is 255 g/mol. The molecule has 0 unspecified atom stereocenters. The third-order valence-electron chi connectivity index (χ3n) is 2.32. The summed E-state index contributed by atoms with van der Waals surface area (Å²) < 4.78 is 0. The highest BCUT2D eigenvalue weighted by Gasteiger charge is 1.96. The van der Waals surface area contributed by atoms with Crippen LogP contribution in [-0.4, -0.2) is 17.3 Å². The van der Waals surface area contributed by atoms with Crippen LogP contribution in [0.1, 0.15) is 5.69 Å². The second-order valence-electron chi connectivity index (χ2n) is 3.63. The topological polar surface area (TPSA) is 48.7 Å². The standard InChI is InChI=1S/C14H13N3S/c15-11-13-10-12(6-7-16-13)17-8-9-18-14-4-2-1-3-5-14/h1-7,10H,8-9H2,(H,16,17). The van der Waals surface area contributed by atoms with E-state index < -0.39 is 0 Å². The number of anilines is 1. The summed E-state index contributed by atoms with van der Waals surface area (Å²) in [5, 5.41) is 12.0. The Bertz CT molecular complexity index is 534. The quantitative estimate of drug-likeness (QED) is 0.658. The van der Waals surface area contributed by atoms with Crippen molar-refractivity contribution in [2.45, 2.75) is 4.90 Å². The zero-order valence-corrected chi connectivity index (χ0v) is 10.7. The fraction of sp³-hybridized carbons (Fsp3) is 0.143. The van der Waals surface area contributed by atoms with Crippen molar-refractivity contribution in [2.75, 3.05) is 17.6 Å². The number of nitrogens with zero attached hydrogens (tertiary/aromatic N) is 2. The molecule has 1 N–H and O–H groups in total. The molecular weight excluding hydrogens is 242 g/mol. The van der Waals surface area contributed by atoms with Crippen molar-refractivity contribution in [2.24, 2.45) is 0 Å². The Hall–Kier alpha value is -1.99. The molecule has 0 fully saturated rings. The highest BCUT2D eigenvalue weighted by Crippen LogP contribution is 2.16. The predicted octanol–water partition coefficient (Wildman–Crippen LogP) is 3.16. The lowest BCUT2D eigenvalue weighted by atomic mass is 10.3. The Labute approximate surface area is 111 Å². The van der Waals surface area contributed by atoms with Crippen LogP contribution in [0.2, 0.25) is 0 Å². The van der Waals surface area contributed by atoms with Gasteiger partial charge in [0.1, 0.15) is 11.8 Å². The van der Waals surface area contributed by atoms with E-state index in [4.69, 9.17) is 5.26 Å². The van der Waals surface area contributed by atoms with Crippen LogP contribution in [0.5, 0.6) is 0 Å². The second-order valence-corrected chi connectivity index (χ2v) is 4.80. The normalized spacial score (nSPS) is 9.72. The number of thioether (sulfide) groups is 1. The Morgan fingerprint density at radius 2 is 2.06 bits per heavy atom. The van der Waals surface area contributed by atoms with Gasteiger partial charge in [-0.25, -0.2) is 4.98 Å². The highest BCUT2D eigenvalue weighted by molar-refractivity contribution is 7.99. The summed E-state index contributed by atoms with van der Waals surface area (Å²) in [5.74, 6) is 0.980. The summed E-state index contributed by atoms with van der Waals surface area (Å²) in [6.07, 6.45) is 1.64. The first kappa shape index (κ1) is 12.5. The van der Waals surface area contributed by atoms with Gasteiger partial charge in [0.05, 0.1) is 0 Å². The molecule has 3 nitrogen and oxygen atoms in total. The molecule has 0 saturated carbocycles. The van der Waals surface area contributed by atoms with Gasteiger partial charge < -0.3 is 5.32 Å². The number of nitrogens with one attached hydrogen (secondary N) is 1. The molecule has 2 aromatic rings. The minimum Gasteiger partial charge on any atom is -0.384 e. The first-order valence-electron chi connectivity index (χ1n) is 5.66. The van der Waals surface area contributed by atoms with Crippen LogP contribution >= 0.6 is 11.8 Å². The van der Waals surface area contributed by atoms with Gasteiger partial charge in [-0.1, -0.05) is 18.2 Å². The van der Waals surface area contributed by atoms with Crippen molar-refractivity contribution in [3.63, 3.8) is 0 Å². The average molecular weight is 255 g/mol. The Kier molecular flexibility index (Phi) is 4.62. The fourth-order valence-electron chi connectivity index (χ4n) is 1.48. The van der Waals surface area contributed by atoms with Crippen molar-refractivity contribution in [3.05, 3.63) is 54.4 Å². The van der Waals surface area contributed by atoms with E-state index in [1.165, 1.54) is 4.90 Å². The smallest absolute Gasteiger partial charge is 0.142 e. The van der Waals surface area contributed by atoms with Crippen LogP contribution in [0.25, 0.3) is 0 Å². The van der Waals surface area contributed by atoms with Gasteiger partial charge in [0.15, 0.2) is 0 Å². The van der Waals surface area contributed by atoms with E-state index in [-0.39, 0.29) is 0 Å². The van der Waals surface area contributed by atoms with Gasteiger partial charge in [-0.3, -0.25) is 0 Å². The maximum absolute atomic E-state index is 8.74. The van der Waals surface area contributed by atoms with Crippen LogP contribution in [0, 0.1) is 11.3 Å². The van der Waals surface area contributed by atoms with E-state index in [0.717, 1.165) is 18.0 Å². The van der Waals surface area contributed by atoms with E-state index in [9.17, 15) is 0 Å². The fourth-order valence-corrected chi connectivity index (χ4v) is 2.27. The van der Waals surface area contributed by atoms with Gasteiger partial charge in [-0.15, -0.1) is 11.8 Å². The molecule has 0 aliphatic heterocycles. The summed E-state index contributed by atoms with van der Waals surface area (Å²) >= 11 is 1.81. The van der Waals surface area contributed by atoms with E-state index in [0.29, 0.717) is 5.69 Å². The molecule has 1 aromatic heterocycles. The maximum atomic E-state index is 8.74. The number of hydrogen-bond acceptors (Lipinski definition) is 4. The lowest BCUT2D eigenvalue weighted by Gasteiger charge is -2.06. The van der Waals surface area contributed by atoms with E-state index in [2.05, 4.69) is 22.4 Å². The molecule has 90 valence electrons. The van der Waals surface area contributed by atoms with Crippen LogP contribution < -0.4 is 5.32 Å². The van der Waals surface area contributed by atoms with Gasteiger partial charge >= 0.3 is 0 Å². The zero-order valence-electron chi connectivity index (χ0n) is 9.84. The molecule has 0 atom stereocenters. The van der Waals surface area contributed by atoms with Crippen LogP contribution in [0.4, 0.5) is 5.69 Å². The Balaban J connectivity index is 1.77. The number of pyridine rings is 1. The molecule has 0 aliphatic rings. The number of hydrogen-bond donors (Lipinski definition) is 1. The van der Waals surface area contributed by atoms with Crippen molar-refractivity contribution >= 4 is 17.4 Å². The molecule has 4 heteroatoms. The Morgan fingerprint density at radius 1 is 1.22 bits per heavy atom. The molecule has 0 amide bonds. The van der Waals surface area contributed by atoms with Crippen molar-refractivity contribution < 1.29 is 0 Å². The summed E-state index contributed by atoms with van der Waals surface area (Å²) in [7, 11) is 0. The molecule has 0 aliphatic carbocycles. The molecule has 0 spiro atoms. The summed E-state index contributed by atoms with van der Waals surface area (Å²) in [4.78, 5) is 5.20. The van der Waals surface area contributed by atoms with Gasteiger partial charge in [0.25, 0.3) is 0 Å². The van der Waals surface area contributed by atoms with Crippen LogP contribution in [-0.2, 0) is 0 Å². The number of nitriles is 1. The predicted molar refractivity (Wildman–Crippen MR) is 74.6 cm³/mol. The SMILES string of the molecule is N#Cc1cc(NCCSc2ccccc2)ccn1. The van der Waals surface area contributed by atoms with Gasteiger partial charge in [0.2, 0.25) is 0 Å². The van der Waals surface area contributed by atoms with Crippen LogP contribution in [0.3, 0.4) is 0 Å². The van der Waals surface area contributed by atoms with Crippen LogP contribution in [0.15, 0.2) is 53.6 Å². The zero-order chi connectivity index (χ0) is 12.6. The molecule has 1 aromatic carbocycles. The first-order valence-corrected chi connectivity index (χ1v) is 6.65. The van der Waals surface area contributed by atoms with Crippen molar-refractivity contribution in [1.82, 2.24) is 4.98 Å². The third-order valence-corrected chi connectivity index (χ3v) is 3.33. The summed E-state index contributed by atoms with van der Waals surface area (Å²) in [6, 6.07) is 16.0. The number of benzene rings is 1. The lowest BCUT2D eigenvalue weighted by molar-refractivity contribution is 1.20. The number of aromatic nitrogens is 1. The molecule has 18 heavy (non-hydrogen) atoms. The number of rotatable bonds is 5. The molecule has 1 heterocycles. The van der Waals surface area contributed by atoms with Crippen molar-refractivity contribution in [3.8, 4) is 6.07 Å².